The summed E-state index contributed by atoms with van der Waals surface area (Å²) < 4.78 is 78.0. The first-order valence-electron chi connectivity index (χ1n) is 6.02. The quantitative estimate of drug-likeness (QED) is 0.413. The van der Waals surface area contributed by atoms with E-state index < -0.39 is 29.2 Å². The van der Waals surface area contributed by atoms with Crippen LogP contribution in [-0.4, -0.2) is 5.11 Å². The topological polar surface area (TPSA) is 20.2 Å². The average molecular weight is 415 g/mol. The van der Waals surface area contributed by atoms with Crippen LogP contribution in [0.5, 0.6) is 5.75 Å². The van der Waals surface area contributed by atoms with Gasteiger partial charge in [-0.3, -0.25) is 0 Å². The predicted octanol–water partition coefficient (Wildman–Crippen LogP) is 6.56. The number of thiophene rings is 1. The smallest absolute Gasteiger partial charge is 0.421 e. The largest absolute Gasteiger partial charge is 0.507 e. The minimum absolute atomic E-state index is 0.0214. The zero-order valence-electron chi connectivity index (χ0n) is 10.8. The molecular formula is C14H5BrF6OS. The highest BCUT2D eigenvalue weighted by Gasteiger charge is 2.38. The van der Waals surface area contributed by atoms with Crippen molar-refractivity contribution in [3.05, 3.63) is 39.9 Å². The van der Waals surface area contributed by atoms with Crippen LogP contribution in [0.1, 0.15) is 11.1 Å². The first-order valence-corrected chi connectivity index (χ1v) is 7.63. The summed E-state index contributed by atoms with van der Waals surface area (Å²) in [6.45, 7) is 0. The number of phenolic OH excluding ortho intramolecular Hbond substituents is 1. The minimum Gasteiger partial charge on any atom is -0.507 e. The Hall–Kier alpha value is -1.48. The van der Waals surface area contributed by atoms with E-state index in [-0.39, 0.29) is 24.6 Å². The van der Waals surface area contributed by atoms with Crippen LogP contribution >= 0.6 is 27.3 Å². The monoisotopic (exact) mass is 414 g/mol. The van der Waals surface area contributed by atoms with Gasteiger partial charge in [-0.05, 0) is 24.3 Å². The van der Waals surface area contributed by atoms with Crippen LogP contribution in [-0.2, 0) is 12.4 Å². The summed E-state index contributed by atoms with van der Waals surface area (Å²) >= 11 is 3.48. The van der Waals surface area contributed by atoms with Gasteiger partial charge in [0.1, 0.15) is 11.3 Å². The number of phenols is 1. The lowest BCUT2D eigenvalue weighted by molar-refractivity contribution is -0.138. The molecule has 1 nitrogen and oxygen atoms in total. The number of hydrogen-bond donors (Lipinski definition) is 1. The van der Waals surface area contributed by atoms with Crippen molar-refractivity contribution in [1.82, 2.24) is 0 Å². The van der Waals surface area contributed by atoms with E-state index in [1.54, 1.807) is 0 Å². The minimum atomic E-state index is -4.81. The van der Waals surface area contributed by atoms with Gasteiger partial charge in [-0.25, -0.2) is 0 Å². The van der Waals surface area contributed by atoms with E-state index in [1.165, 1.54) is 6.07 Å². The van der Waals surface area contributed by atoms with Gasteiger partial charge >= 0.3 is 12.4 Å². The maximum Gasteiger partial charge on any atom is 0.421 e. The van der Waals surface area contributed by atoms with Crippen LogP contribution in [0.4, 0.5) is 26.3 Å². The van der Waals surface area contributed by atoms with Crippen molar-refractivity contribution >= 4 is 47.4 Å². The van der Waals surface area contributed by atoms with Crippen molar-refractivity contribution in [3.63, 3.8) is 0 Å². The SMILES string of the molecule is Oc1ccc2c(sc3cc(Br)c(C(F)(F)F)cc32)c1C(F)(F)F. The Morgan fingerprint density at radius 2 is 1.57 bits per heavy atom. The summed E-state index contributed by atoms with van der Waals surface area (Å²) in [5.41, 5.74) is -2.20. The summed E-state index contributed by atoms with van der Waals surface area (Å²) in [5.74, 6) is -0.952. The molecule has 0 aliphatic rings. The third-order valence-corrected chi connectivity index (χ3v) is 5.14. The molecule has 0 spiro atoms. The number of halogens is 7. The Bertz CT molecular complexity index is 925. The van der Waals surface area contributed by atoms with Gasteiger partial charge in [0.25, 0.3) is 0 Å². The highest BCUT2D eigenvalue weighted by atomic mass is 79.9. The maximum absolute atomic E-state index is 13.1. The van der Waals surface area contributed by atoms with Crippen LogP contribution in [0.2, 0.25) is 0 Å². The summed E-state index contributed by atoms with van der Waals surface area (Å²) in [7, 11) is 0. The second-order valence-electron chi connectivity index (χ2n) is 4.76. The first-order chi connectivity index (χ1) is 10.5. The molecule has 0 radical (unpaired) electrons. The molecule has 0 unspecified atom stereocenters. The zero-order chi connectivity index (χ0) is 17.2. The molecule has 122 valence electrons. The van der Waals surface area contributed by atoms with Crippen molar-refractivity contribution in [1.29, 1.82) is 0 Å². The molecule has 1 N–H and O–H groups in total. The van der Waals surface area contributed by atoms with E-state index >= 15 is 0 Å². The maximum atomic E-state index is 13.1. The second-order valence-corrected chi connectivity index (χ2v) is 6.67. The number of hydrogen-bond acceptors (Lipinski definition) is 2. The molecule has 23 heavy (non-hydrogen) atoms. The van der Waals surface area contributed by atoms with Crippen molar-refractivity contribution in [2.45, 2.75) is 12.4 Å². The second kappa shape index (κ2) is 5.01. The van der Waals surface area contributed by atoms with E-state index in [4.69, 9.17) is 0 Å². The molecule has 0 bridgehead atoms. The molecule has 3 aromatic rings. The molecule has 9 heteroatoms. The molecule has 0 amide bonds. The first kappa shape index (κ1) is 16.4. The average Bonchev–Trinajstić information content (AvgIpc) is 2.71. The number of benzene rings is 2. The molecule has 3 rings (SSSR count). The lowest BCUT2D eigenvalue weighted by Gasteiger charge is -2.10. The molecule has 0 aliphatic carbocycles. The van der Waals surface area contributed by atoms with E-state index in [2.05, 4.69) is 15.9 Å². The van der Waals surface area contributed by atoms with Gasteiger partial charge in [0.05, 0.1) is 10.3 Å². The summed E-state index contributed by atoms with van der Waals surface area (Å²) in [4.78, 5) is 0. The Labute approximate surface area is 137 Å². The number of rotatable bonds is 0. The molecule has 1 aromatic heterocycles. The van der Waals surface area contributed by atoms with Crippen LogP contribution in [0.3, 0.4) is 0 Å². The third kappa shape index (κ3) is 2.65. The molecule has 0 aliphatic heterocycles. The van der Waals surface area contributed by atoms with E-state index in [0.29, 0.717) is 11.3 Å². The fraction of sp³-hybridized carbons (Fsp3) is 0.143. The number of aromatic hydroxyl groups is 1. The van der Waals surface area contributed by atoms with Crippen molar-refractivity contribution in [2.75, 3.05) is 0 Å². The number of alkyl halides is 6. The predicted molar refractivity (Wildman–Crippen MR) is 78.7 cm³/mol. The Morgan fingerprint density at radius 1 is 0.913 bits per heavy atom. The van der Waals surface area contributed by atoms with Gasteiger partial charge in [0, 0.05) is 19.9 Å². The summed E-state index contributed by atoms with van der Waals surface area (Å²) in [5, 5.41) is 9.59. The summed E-state index contributed by atoms with van der Waals surface area (Å²) in [6.07, 6.45) is -9.44. The molecule has 2 aromatic carbocycles. The lowest BCUT2D eigenvalue weighted by atomic mass is 10.1. The van der Waals surface area contributed by atoms with Gasteiger partial charge < -0.3 is 5.11 Å². The van der Waals surface area contributed by atoms with Gasteiger partial charge in [-0.1, -0.05) is 15.9 Å². The van der Waals surface area contributed by atoms with Crippen LogP contribution in [0.15, 0.2) is 28.7 Å². The molecule has 1 heterocycles. The van der Waals surface area contributed by atoms with E-state index in [1.807, 2.05) is 0 Å². The Kier molecular flexibility index (Phi) is 3.57. The molecular weight excluding hydrogens is 410 g/mol. The van der Waals surface area contributed by atoms with Crippen LogP contribution in [0, 0.1) is 0 Å². The highest BCUT2D eigenvalue weighted by Crippen LogP contribution is 2.48. The molecule has 0 saturated carbocycles. The Morgan fingerprint density at radius 3 is 2.13 bits per heavy atom. The van der Waals surface area contributed by atoms with Crippen LogP contribution < -0.4 is 0 Å². The van der Waals surface area contributed by atoms with Crippen molar-refractivity contribution < 1.29 is 31.4 Å². The highest BCUT2D eigenvalue weighted by molar-refractivity contribution is 9.10. The fourth-order valence-electron chi connectivity index (χ4n) is 2.34. The van der Waals surface area contributed by atoms with Gasteiger partial charge in [-0.2, -0.15) is 26.3 Å². The Balaban J connectivity index is 2.45. The molecule has 0 atom stereocenters. The molecule has 0 saturated heterocycles. The molecule has 0 fully saturated rings. The standard InChI is InChI=1S/C14H5BrF6OS/c15-8-4-10-6(3-7(8)13(16,17)18)5-1-2-9(22)11(12(5)23-10)14(19,20)21/h1-4,22H. The van der Waals surface area contributed by atoms with Crippen molar-refractivity contribution in [3.8, 4) is 5.75 Å². The zero-order valence-corrected chi connectivity index (χ0v) is 13.2. The number of fused-ring (bicyclic) bond motifs is 3. The van der Waals surface area contributed by atoms with Gasteiger partial charge in [0.15, 0.2) is 0 Å². The van der Waals surface area contributed by atoms with E-state index in [9.17, 15) is 31.4 Å². The van der Waals surface area contributed by atoms with E-state index in [0.717, 1.165) is 18.2 Å². The van der Waals surface area contributed by atoms with Gasteiger partial charge in [-0.15, -0.1) is 11.3 Å². The van der Waals surface area contributed by atoms with Gasteiger partial charge in [0.2, 0.25) is 0 Å². The normalized spacial score (nSPS) is 13.2. The fourth-order valence-corrected chi connectivity index (χ4v) is 4.35. The third-order valence-electron chi connectivity index (χ3n) is 3.30. The van der Waals surface area contributed by atoms with Crippen LogP contribution in [0.25, 0.3) is 20.2 Å². The summed E-state index contributed by atoms with van der Waals surface area (Å²) in [6, 6.07) is 3.98. The lowest BCUT2D eigenvalue weighted by Crippen LogP contribution is -2.05. The van der Waals surface area contributed by atoms with Crippen molar-refractivity contribution in [2.24, 2.45) is 0 Å².